The first-order valence-corrected chi connectivity index (χ1v) is 17.3. The zero-order valence-corrected chi connectivity index (χ0v) is 28.2. The van der Waals surface area contributed by atoms with Gasteiger partial charge in [0.25, 0.3) is 0 Å². The van der Waals surface area contributed by atoms with Crippen LogP contribution in [-0.4, -0.2) is 9.97 Å². The van der Waals surface area contributed by atoms with Crippen molar-refractivity contribution in [1.29, 1.82) is 0 Å². The maximum atomic E-state index is 6.07. The van der Waals surface area contributed by atoms with Crippen molar-refractivity contribution in [2.75, 3.05) is 0 Å². The lowest BCUT2D eigenvalue weighted by Gasteiger charge is -2.15. The highest BCUT2D eigenvalue weighted by Crippen LogP contribution is 2.39. The molecule has 0 aliphatic heterocycles. The lowest BCUT2D eigenvalue weighted by molar-refractivity contribution is 0.482. The number of hydrogen-bond donors (Lipinski definition) is 0. The van der Waals surface area contributed by atoms with Gasteiger partial charge in [-0.1, -0.05) is 97.1 Å². The highest BCUT2D eigenvalue weighted by molar-refractivity contribution is 6.08. The molecule has 0 aliphatic carbocycles. The molecule has 246 valence electrons. The fourth-order valence-corrected chi connectivity index (χ4v) is 6.59. The van der Waals surface area contributed by atoms with Crippen LogP contribution in [0.2, 0.25) is 0 Å². The average Bonchev–Trinajstić information content (AvgIpc) is 3.21. The lowest BCUT2D eigenvalue weighted by Crippen LogP contribution is -1.94. The number of ether oxygens (including phenoxy) is 2. The van der Waals surface area contributed by atoms with Gasteiger partial charge in [0.05, 0.1) is 22.4 Å². The quantitative estimate of drug-likeness (QED) is 0.151. The van der Waals surface area contributed by atoms with Gasteiger partial charge in [-0.3, -0.25) is 0 Å². The molecule has 0 unspecified atom stereocenters. The van der Waals surface area contributed by atoms with Gasteiger partial charge in [-0.2, -0.15) is 0 Å². The van der Waals surface area contributed by atoms with Gasteiger partial charge in [0.2, 0.25) is 0 Å². The van der Waals surface area contributed by atoms with Crippen LogP contribution in [0.3, 0.4) is 0 Å². The third-order valence-corrected chi connectivity index (χ3v) is 9.17. The van der Waals surface area contributed by atoms with Gasteiger partial charge in [-0.05, 0) is 119 Å². The molecule has 2 heterocycles. The molecule has 2 aromatic heterocycles. The summed E-state index contributed by atoms with van der Waals surface area (Å²) >= 11 is 0. The number of benzene rings is 7. The van der Waals surface area contributed by atoms with Crippen LogP contribution in [-0.2, 0) is 0 Å². The molecule has 4 nitrogen and oxygen atoms in total. The van der Waals surface area contributed by atoms with Crippen LogP contribution in [0, 0.1) is 0 Å². The Morgan fingerprint density at radius 1 is 0.288 bits per heavy atom. The van der Waals surface area contributed by atoms with Crippen LogP contribution in [0.25, 0.3) is 66.6 Å². The zero-order valence-electron chi connectivity index (χ0n) is 28.2. The predicted molar refractivity (Wildman–Crippen MR) is 212 cm³/mol. The van der Waals surface area contributed by atoms with E-state index < -0.39 is 0 Å². The molecule has 0 bridgehead atoms. The fourth-order valence-electron chi connectivity index (χ4n) is 6.59. The van der Waals surface area contributed by atoms with Crippen LogP contribution in [0.4, 0.5) is 0 Å². The molecule has 0 aliphatic rings. The first kappa shape index (κ1) is 31.0. The Kier molecular flexibility index (Phi) is 8.16. The highest BCUT2D eigenvalue weighted by atomic mass is 16.5. The van der Waals surface area contributed by atoms with E-state index in [0.717, 1.165) is 89.6 Å². The van der Waals surface area contributed by atoms with Gasteiger partial charge >= 0.3 is 0 Å². The van der Waals surface area contributed by atoms with Gasteiger partial charge in [0.15, 0.2) is 0 Å². The molecule has 0 fully saturated rings. The van der Waals surface area contributed by atoms with E-state index in [1.165, 1.54) is 0 Å². The van der Waals surface area contributed by atoms with Gasteiger partial charge in [-0.25, -0.2) is 9.97 Å². The number of hydrogen-bond acceptors (Lipinski definition) is 4. The molecule has 52 heavy (non-hydrogen) atoms. The Morgan fingerprint density at radius 2 is 0.615 bits per heavy atom. The van der Waals surface area contributed by atoms with Crippen molar-refractivity contribution >= 4 is 21.8 Å². The first-order chi connectivity index (χ1) is 25.7. The Hall–Kier alpha value is -7.04. The fraction of sp³-hybridized carbons (Fsp3) is 0. The minimum absolute atomic E-state index is 0.776. The standard InChI is InChI=1S/C48H32N2O2/c1-5-13-33(14-6-1)41-29-45(35-21-25-39(26-22-35)51-37-17-9-3-10-18-37)49-47-32-44-42(34-15-7-2-8-16-34)30-46(50-48(44)31-43(41)47)36-23-27-40(28-24-36)52-38-19-11-4-12-20-38/h1-32H. The van der Waals surface area contributed by atoms with Crippen molar-refractivity contribution in [3.05, 3.63) is 194 Å². The number of aromatic nitrogens is 2. The molecule has 9 rings (SSSR count). The van der Waals surface area contributed by atoms with Crippen LogP contribution >= 0.6 is 0 Å². The second-order valence-corrected chi connectivity index (χ2v) is 12.6. The summed E-state index contributed by atoms with van der Waals surface area (Å²) in [6.07, 6.45) is 0. The van der Waals surface area contributed by atoms with Gasteiger partial charge < -0.3 is 9.47 Å². The summed E-state index contributed by atoms with van der Waals surface area (Å²) in [5.74, 6) is 3.16. The smallest absolute Gasteiger partial charge is 0.127 e. The van der Waals surface area contributed by atoms with Gasteiger partial charge in [-0.15, -0.1) is 0 Å². The van der Waals surface area contributed by atoms with Crippen molar-refractivity contribution in [2.45, 2.75) is 0 Å². The molecule has 0 radical (unpaired) electrons. The van der Waals surface area contributed by atoms with E-state index in [-0.39, 0.29) is 0 Å². The third-order valence-electron chi connectivity index (χ3n) is 9.17. The van der Waals surface area contributed by atoms with Crippen molar-refractivity contribution in [1.82, 2.24) is 9.97 Å². The van der Waals surface area contributed by atoms with E-state index in [0.29, 0.717) is 0 Å². The monoisotopic (exact) mass is 668 g/mol. The molecule has 0 saturated heterocycles. The predicted octanol–water partition coefficient (Wildman–Crippen LogP) is 13.0. The largest absolute Gasteiger partial charge is 0.457 e. The summed E-state index contributed by atoms with van der Waals surface area (Å²) in [5, 5.41) is 2.09. The van der Waals surface area contributed by atoms with E-state index in [1.807, 2.05) is 97.1 Å². The van der Waals surface area contributed by atoms with E-state index in [1.54, 1.807) is 0 Å². The summed E-state index contributed by atoms with van der Waals surface area (Å²) in [6, 6.07) is 65.7. The third kappa shape index (κ3) is 6.37. The molecule has 0 saturated carbocycles. The van der Waals surface area contributed by atoms with Crippen molar-refractivity contribution in [3.63, 3.8) is 0 Å². The summed E-state index contributed by atoms with van der Waals surface area (Å²) in [5.41, 5.74) is 10.0. The number of pyridine rings is 2. The SMILES string of the molecule is c1ccc(Oc2ccc(-c3cc(-c4ccccc4)c4cc5nc(-c6ccc(Oc7ccccc7)cc6)cc(-c6ccccc6)c5cc4n3)cc2)cc1. The van der Waals surface area contributed by atoms with E-state index in [4.69, 9.17) is 19.4 Å². The summed E-state index contributed by atoms with van der Waals surface area (Å²) in [7, 11) is 0. The topological polar surface area (TPSA) is 44.2 Å². The van der Waals surface area contributed by atoms with Crippen LogP contribution in [0.5, 0.6) is 23.0 Å². The molecule has 0 amide bonds. The minimum atomic E-state index is 0.776. The summed E-state index contributed by atoms with van der Waals surface area (Å²) in [4.78, 5) is 10.5. The molecule has 0 atom stereocenters. The maximum Gasteiger partial charge on any atom is 0.127 e. The maximum absolute atomic E-state index is 6.07. The van der Waals surface area contributed by atoms with Gasteiger partial charge in [0, 0.05) is 21.9 Å². The average molecular weight is 669 g/mol. The van der Waals surface area contributed by atoms with E-state index >= 15 is 0 Å². The molecule has 0 spiro atoms. The van der Waals surface area contributed by atoms with Crippen molar-refractivity contribution in [3.8, 4) is 67.8 Å². The van der Waals surface area contributed by atoms with Crippen LogP contribution < -0.4 is 9.47 Å². The molecule has 0 N–H and O–H groups in total. The molecular weight excluding hydrogens is 637 g/mol. The van der Waals surface area contributed by atoms with Crippen molar-refractivity contribution in [2.24, 2.45) is 0 Å². The lowest BCUT2D eigenvalue weighted by atomic mass is 9.94. The van der Waals surface area contributed by atoms with Crippen LogP contribution in [0.15, 0.2) is 194 Å². The molecular formula is C48H32N2O2. The Labute approximate surface area is 302 Å². The summed E-state index contributed by atoms with van der Waals surface area (Å²) < 4.78 is 12.1. The number of fused-ring (bicyclic) bond motifs is 2. The first-order valence-electron chi connectivity index (χ1n) is 17.3. The number of nitrogens with zero attached hydrogens (tertiary/aromatic N) is 2. The van der Waals surface area contributed by atoms with Crippen molar-refractivity contribution < 1.29 is 9.47 Å². The highest BCUT2D eigenvalue weighted by Gasteiger charge is 2.16. The Balaban J connectivity index is 1.18. The number of para-hydroxylation sites is 2. The Morgan fingerprint density at radius 3 is 0.981 bits per heavy atom. The number of rotatable bonds is 8. The Bertz CT molecular complexity index is 2440. The molecule has 4 heteroatoms. The van der Waals surface area contributed by atoms with Crippen LogP contribution in [0.1, 0.15) is 0 Å². The zero-order chi connectivity index (χ0) is 34.7. The van der Waals surface area contributed by atoms with E-state index in [9.17, 15) is 0 Å². The summed E-state index contributed by atoms with van der Waals surface area (Å²) in [6.45, 7) is 0. The second kappa shape index (κ2) is 13.7. The van der Waals surface area contributed by atoms with E-state index in [2.05, 4.69) is 97.1 Å². The molecule has 9 aromatic rings. The normalized spacial score (nSPS) is 11.1. The second-order valence-electron chi connectivity index (χ2n) is 12.6. The van der Waals surface area contributed by atoms with Gasteiger partial charge in [0.1, 0.15) is 23.0 Å². The molecule has 7 aromatic carbocycles. The minimum Gasteiger partial charge on any atom is -0.457 e.